The molecule has 0 radical (unpaired) electrons. The molecule has 0 N–H and O–H groups in total. The number of methoxy groups -OCH3 is 1. The van der Waals surface area contributed by atoms with Crippen LogP contribution in [0.4, 0.5) is 0 Å². The summed E-state index contributed by atoms with van der Waals surface area (Å²) in [7, 11) is 1.55. The normalized spacial score (nSPS) is 11.1. The van der Waals surface area contributed by atoms with Crippen molar-refractivity contribution < 1.29 is 23.1 Å². The summed E-state index contributed by atoms with van der Waals surface area (Å²) in [6, 6.07) is 15.3. The van der Waals surface area contributed by atoms with Crippen molar-refractivity contribution in [3.8, 4) is 22.8 Å². The second-order valence-electron chi connectivity index (χ2n) is 6.20. The van der Waals surface area contributed by atoms with Gasteiger partial charge in [-0.3, -0.25) is 4.79 Å². The first kappa shape index (κ1) is 19.7. The Labute approximate surface area is 179 Å². The molecule has 4 aromatic rings. The average Bonchev–Trinajstić information content (AvgIpc) is 3.28. The smallest absolute Gasteiger partial charge is 0.336 e. The highest BCUT2D eigenvalue weighted by molar-refractivity contribution is 9.10. The maximum atomic E-state index is 13.1. The van der Waals surface area contributed by atoms with Gasteiger partial charge in [0.25, 0.3) is 0 Å². The van der Waals surface area contributed by atoms with Gasteiger partial charge in [-0.05, 0) is 64.5 Å². The Kier molecular flexibility index (Phi) is 5.54. The molecule has 150 valence electrons. The third-order valence-electron chi connectivity index (χ3n) is 4.30. The summed E-state index contributed by atoms with van der Waals surface area (Å²) in [5, 5.41) is 0.312. The Hall–Kier alpha value is -3.58. The molecule has 0 amide bonds. The van der Waals surface area contributed by atoms with E-state index in [1.54, 1.807) is 61.7 Å². The van der Waals surface area contributed by atoms with Gasteiger partial charge >= 0.3 is 5.97 Å². The van der Waals surface area contributed by atoms with E-state index in [2.05, 4.69) is 15.9 Å². The van der Waals surface area contributed by atoms with Crippen LogP contribution in [0.5, 0.6) is 11.5 Å². The van der Waals surface area contributed by atoms with Gasteiger partial charge in [0.05, 0.1) is 23.2 Å². The Morgan fingerprint density at radius 1 is 1.10 bits per heavy atom. The number of hydrogen-bond donors (Lipinski definition) is 0. The zero-order valence-corrected chi connectivity index (χ0v) is 17.3. The highest BCUT2D eigenvalue weighted by Crippen LogP contribution is 2.35. The summed E-state index contributed by atoms with van der Waals surface area (Å²) < 4.78 is 22.4. The molecular weight excluding hydrogens is 452 g/mol. The van der Waals surface area contributed by atoms with Crippen LogP contribution in [0.15, 0.2) is 85.0 Å². The fourth-order valence-corrected chi connectivity index (χ4v) is 3.43. The topological polar surface area (TPSA) is 78.9 Å². The van der Waals surface area contributed by atoms with E-state index in [-0.39, 0.29) is 11.5 Å². The van der Waals surface area contributed by atoms with Crippen molar-refractivity contribution in [2.24, 2.45) is 0 Å². The van der Waals surface area contributed by atoms with Gasteiger partial charge in [0.1, 0.15) is 17.1 Å². The quantitative estimate of drug-likeness (QED) is 0.287. The third kappa shape index (κ3) is 3.92. The van der Waals surface area contributed by atoms with Crippen LogP contribution < -0.4 is 14.9 Å². The number of rotatable bonds is 5. The number of fused-ring (bicyclic) bond motifs is 1. The molecule has 0 spiro atoms. The van der Waals surface area contributed by atoms with E-state index in [1.165, 1.54) is 18.4 Å². The Morgan fingerprint density at radius 3 is 2.67 bits per heavy atom. The summed E-state index contributed by atoms with van der Waals surface area (Å²) in [5.41, 5.74) is 0.484. The van der Waals surface area contributed by atoms with Crippen LogP contribution in [0.25, 0.3) is 28.4 Å². The molecule has 7 heteroatoms. The minimum absolute atomic E-state index is 0.141. The monoisotopic (exact) mass is 466 g/mol. The lowest BCUT2D eigenvalue weighted by Crippen LogP contribution is -2.14. The Bertz CT molecular complexity index is 1300. The van der Waals surface area contributed by atoms with Crippen LogP contribution in [0.1, 0.15) is 5.76 Å². The fraction of sp³-hybridized carbons (Fsp3) is 0.0435. The number of esters is 1. The summed E-state index contributed by atoms with van der Waals surface area (Å²) in [6.07, 6.45) is 4.12. The molecule has 0 aliphatic heterocycles. The SMILES string of the molecule is COc1ccc(-c2oc3ccccc3c(=O)c2OC(=O)C=Cc2ccco2)cc1Br. The second kappa shape index (κ2) is 8.42. The van der Waals surface area contributed by atoms with Crippen LogP contribution in [-0.2, 0) is 4.79 Å². The second-order valence-corrected chi connectivity index (χ2v) is 7.06. The first-order valence-corrected chi connectivity index (χ1v) is 9.69. The predicted octanol–water partition coefficient (Wildman–Crippen LogP) is 5.44. The zero-order chi connectivity index (χ0) is 21.1. The van der Waals surface area contributed by atoms with Crippen molar-refractivity contribution in [2.75, 3.05) is 7.11 Å². The van der Waals surface area contributed by atoms with E-state index < -0.39 is 11.4 Å². The van der Waals surface area contributed by atoms with Crippen LogP contribution in [-0.4, -0.2) is 13.1 Å². The van der Waals surface area contributed by atoms with Crippen molar-refractivity contribution in [3.05, 3.63) is 87.4 Å². The van der Waals surface area contributed by atoms with Gasteiger partial charge in [-0.15, -0.1) is 0 Å². The number of carbonyl (C=O) groups excluding carboxylic acids is 1. The van der Waals surface area contributed by atoms with E-state index >= 15 is 0 Å². The van der Waals surface area contributed by atoms with E-state index in [1.807, 2.05) is 0 Å². The molecular formula is C23H15BrO6. The molecule has 0 aliphatic carbocycles. The molecule has 0 saturated heterocycles. The summed E-state index contributed by atoms with van der Waals surface area (Å²) in [4.78, 5) is 25.5. The number of halogens is 1. The molecule has 30 heavy (non-hydrogen) atoms. The molecule has 0 saturated carbocycles. The van der Waals surface area contributed by atoms with Crippen molar-refractivity contribution in [1.82, 2.24) is 0 Å². The zero-order valence-electron chi connectivity index (χ0n) is 15.8. The minimum atomic E-state index is -0.734. The molecule has 0 atom stereocenters. The summed E-state index contributed by atoms with van der Waals surface area (Å²) in [6.45, 7) is 0. The molecule has 0 bridgehead atoms. The summed E-state index contributed by atoms with van der Waals surface area (Å²) >= 11 is 3.42. The van der Waals surface area contributed by atoms with Crippen molar-refractivity contribution in [3.63, 3.8) is 0 Å². The van der Waals surface area contributed by atoms with Gasteiger partial charge in [-0.1, -0.05) is 12.1 Å². The van der Waals surface area contributed by atoms with E-state index in [9.17, 15) is 9.59 Å². The lowest BCUT2D eigenvalue weighted by atomic mass is 10.1. The largest absolute Gasteiger partial charge is 0.496 e. The fourth-order valence-electron chi connectivity index (χ4n) is 2.89. The van der Waals surface area contributed by atoms with Gasteiger partial charge < -0.3 is 18.3 Å². The lowest BCUT2D eigenvalue weighted by Gasteiger charge is -2.11. The van der Waals surface area contributed by atoms with Crippen molar-refractivity contribution in [1.29, 1.82) is 0 Å². The molecule has 2 heterocycles. The van der Waals surface area contributed by atoms with Crippen LogP contribution >= 0.6 is 15.9 Å². The van der Waals surface area contributed by atoms with Gasteiger partial charge in [0.15, 0.2) is 5.76 Å². The molecule has 0 unspecified atom stereocenters. The Morgan fingerprint density at radius 2 is 1.93 bits per heavy atom. The first-order chi connectivity index (χ1) is 14.6. The number of carbonyl (C=O) groups is 1. The molecule has 0 aliphatic rings. The van der Waals surface area contributed by atoms with Crippen LogP contribution in [0, 0.1) is 0 Å². The molecule has 4 rings (SSSR count). The predicted molar refractivity (Wildman–Crippen MR) is 116 cm³/mol. The van der Waals surface area contributed by atoms with Gasteiger partial charge in [-0.2, -0.15) is 0 Å². The lowest BCUT2D eigenvalue weighted by molar-refractivity contribution is -0.129. The molecule has 2 aromatic heterocycles. The number of hydrogen-bond acceptors (Lipinski definition) is 6. The van der Waals surface area contributed by atoms with E-state index in [0.29, 0.717) is 32.5 Å². The van der Waals surface area contributed by atoms with Crippen LogP contribution in [0.3, 0.4) is 0 Å². The van der Waals surface area contributed by atoms with Gasteiger partial charge in [0.2, 0.25) is 11.2 Å². The Balaban J connectivity index is 1.81. The summed E-state index contributed by atoms with van der Waals surface area (Å²) in [5.74, 6) is 0.308. The van der Waals surface area contributed by atoms with E-state index in [4.69, 9.17) is 18.3 Å². The van der Waals surface area contributed by atoms with Crippen LogP contribution in [0.2, 0.25) is 0 Å². The van der Waals surface area contributed by atoms with Gasteiger partial charge in [0, 0.05) is 11.6 Å². The average molecular weight is 467 g/mol. The maximum Gasteiger partial charge on any atom is 0.336 e. The number of ether oxygens (including phenoxy) is 2. The molecule has 2 aromatic carbocycles. The first-order valence-electron chi connectivity index (χ1n) is 8.90. The molecule has 0 fully saturated rings. The van der Waals surface area contributed by atoms with Crippen molar-refractivity contribution >= 4 is 38.9 Å². The number of benzene rings is 2. The standard InChI is InChI=1S/C23H15BrO6/c1-27-19-10-8-14(13-17(19)24)22-23(21(26)16-6-2-3-7-18(16)29-22)30-20(25)11-9-15-5-4-12-28-15/h2-13H,1H3. The maximum absolute atomic E-state index is 13.1. The minimum Gasteiger partial charge on any atom is -0.496 e. The highest BCUT2D eigenvalue weighted by atomic mass is 79.9. The number of furan rings is 1. The van der Waals surface area contributed by atoms with E-state index in [0.717, 1.165) is 0 Å². The van der Waals surface area contributed by atoms with Gasteiger partial charge in [-0.25, -0.2) is 4.79 Å². The molecule has 6 nitrogen and oxygen atoms in total. The van der Waals surface area contributed by atoms with Crippen molar-refractivity contribution in [2.45, 2.75) is 0 Å². The number of para-hydroxylation sites is 1. The third-order valence-corrected chi connectivity index (χ3v) is 4.92. The highest BCUT2D eigenvalue weighted by Gasteiger charge is 2.20.